The van der Waals surface area contributed by atoms with Gasteiger partial charge in [-0.15, -0.1) is 24.0 Å². The van der Waals surface area contributed by atoms with E-state index in [4.69, 9.17) is 0 Å². The average Bonchev–Trinajstić information content (AvgIpc) is 2.59. The molecule has 0 aromatic heterocycles. The Morgan fingerprint density at radius 2 is 1.86 bits per heavy atom. The van der Waals surface area contributed by atoms with E-state index in [0.29, 0.717) is 12.5 Å². The van der Waals surface area contributed by atoms with Gasteiger partial charge in [-0.3, -0.25) is 14.9 Å². The second kappa shape index (κ2) is 13.6. The van der Waals surface area contributed by atoms with Gasteiger partial charge in [0.25, 0.3) is 5.69 Å². The Bertz CT molecular complexity index is 648. The highest BCUT2D eigenvalue weighted by atomic mass is 127. The summed E-state index contributed by atoms with van der Waals surface area (Å²) in [5, 5.41) is 19.8. The molecule has 0 unspecified atom stereocenters. The first-order valence-electron chi connectivity index (χ1n) is 8.77. The number of hydrogen-bond donors (Lipinski definition) is 3. The Labute approximate surface area is 187 Å². The van der Waals surface area contributed by atoms with E-state index in [9.17, 15) is 14.9 Å². The number of nitro benzene ring substituents is 1. The van der Waals surface area contributed by atoms with Crippen LogP contribution in [-0.2, 0) is 11.3 Å². The number of halogens is 1. The number of benzene rings is 1. The Kier molecular flexibility index (Phi) is 12.8. The van der Waals surface area contributed by atoms with Gasteiger partial charge in [-0.05, 0) is 44.8 Å². The second-order valence-corrected chi connectivity index (χ2v) is 8.00. The van der Waals surface area contributed by atoms with Crippen LogP contribution in [0.25, 0.3) is 0 Å². The van der Waals surface area contributed by atoms with Gasteiger partial charge >= 0.3 is 0 Å². The number of amides is 1. The van der Waals surface area contributed by atoms with Crippen LogP contribution in [0.4, 0.5) is 5.69 Å². The molecule has 0 bridgehead atoms. The predicted molar refractivity (Wildman–Crippen MR) is 127 cm³/mol. The van der Waals surface area contributed by atoms with Crippen LogP contribution in [0.2, 0.25) is 0 Å². The van der Waals surface area contributed by atoms with E-state index in [-0.39, 0.29) is 47.7 Å². The fourth-order valence-corrected chi connectivity index (χ4v) is 2.55. The summed E-state index contributed by atoms with van der Waals surface area (Å²) in [6.07, 6.45) is 3.03. The van der Waals surface area contributed by atoms with E-state index in [1.54, 1.807) is 23.9 Å². The standard InChI is InChI=1S/C18H29N5O3S.HI/c1-18(2,3)22-16(24)13-21-17(19-10-5-11-27-4)20-12-14-6-8-15(9-7-14)23(25)26;/h6-9H,5,10-13H2,1-4H3,(H,22,24)(H2,19,20,21);1H. The second-order valence-electron chi connectivity index (χ2n) is 7.01. The molecule has 0 aliphatic heterocycles. The minimum Gasteiger partial charge on any atom is -0.356 e. The number of carbonyl (C=O) groups excluding carboxylic acids is 1. The van der Waals surface area contributed by atoms with Crippen LogP contribution in [0, 0.1) is 10.1 Å². The Balaban J connectivity index is 0.00000729. The third kappa shape index (κ3) is 12.0. The van der Waals surface area contributed by atoms with Crippen molar-refractivity contribution in [2.75, 3.05) is 25.1 Å². The monoisotopic (exact) mass is 523 g/mol. The van der Waals surface area contributed by atoms with Crippen LogP contribution in [0.15, 0.2) is 29.3 Å². The third-order valence-corrected chi connectivity index (χ3v) is 4.01. The van der Waals surface area contributed by atoms with Crippen LogP contribution < -0.4 is 16.0 Å². The topological polar surface area (TPSA) is 109 Å². The summed E-state index contributed by atoms with van der Waals surface area (Å²) < 4.78 is 0. The molecule has 0 heterocycles. The molecule has 0 atom stereocenters. The molecular formula is C18H30IN5O3S. The fraction of sp³-hybridized carbons (Fsp3) is 0.556. The van der Waals surface area contributed by atoms with E-state index < -0.39 is 4.92 Å². The first-order chi connectivity index (χ1) is 12.7. The molecule has 28 heavy (non-hydrogen) atoms. The molecule has 158 valence electrons. The van der Waals surface area contributed by atoms with Gasteiger partial charge < -0.3 is 16.0 Å². The zero-order valence-electron chi connectivity index (χ0n) is 16.8. The van der Waals surface area contributed by atoms with Crippen molar-refractivity contribution >= 4 is 53.3 Å². The number of hydrogen-bond acceptors (Lipinski definition) is 5. The van der Waals surface area contributed by atoms with Gasteiger partial charge in [0, 0.05) is 24.2 Å². The van der Waals surface area contributed by atoms with Crippen molar-refractivity contribution in [2.45, 2.75) is 39.3 Å². The maximum Gasteiger partial charge on any atom is 0.269 e. The molecule has 0 saturated carbocycles. The number of nitrogens with zero attached hydrogens (tertiary/aromatic N) is 2. The number of non-ortho nitro benzene ring substituents is 1. The highest BCUT2D eigenvalue weighted by Crippen LogP contribution is 2.12. The Hall–Kier alpha value is -1.56. The van der Waals surface area contributed by atoms with Gasteiger partial charge in [-0.25, -0.2) is 4.99 Å². The lowest BCUT2D eigenvalue weighted by atomic mass is 10.1. The first kappa shape index (κ1) is 26.4. The number of nitrogens with one attached hydrogen (secondary N) is 3. The molecule has 8 nitrogen and oxygen atoms in total. The number of guanidine groups is 1. The number of rotatable bonds is 9. The van der Waals surface area contributed by atoms with Crippen LogP contribution in [0.1, 0.15) is 32.8 Å². The van der Waals surface area contributed by atoms with Gasteiger partial charge in [0.15, 0.2) is 5.96 Å². The maximum atomic E-state index is 12.0. The van der Waals surface area contributed by atoms with Crippen molar-refractivity contribution in [1.29, 1.82) is 0 Å². The number of thioether (sulfide) groups is 1. The lowest BCUT2D eigenvalue weighted by molar-refractivity contribution is -0.384. The third-order valence-electron chi connectivity index (χ3n) is 3.32. The lowest BCUT2D eigenvalue weighted by Gasteiger charge is -2.21. The summed E-state index contributed by atoms with van der Waals surface area (Å²) in [5.41, 5.74) is 0.612. The van der Waals surface area contributed by atoms with E-state index in [2.05, 4.69) is 27.2 Å². The first-order valence-corrected chi connectivity index (χ1v) is 10.2. The molecule has 0 spiro atoms. The zero-order valence-corrected chi connectivity index (χ0v) is 19.9. The SMILES string of the molecule is CSCCCNC(=NCc1ccc([N+](=O)[O-])cc1)NCC(=O)NC(C)(C)C.I. The summed E-state index contributed by atoms with van der Waals surface area (Å²) >= 11 is 1.77. The van der Waals surface area contributed by atoms with Crippen molar-refractivity contribution in [2.24, 2.45) is 4.99 Å². The number of nitro groups is 1. The summed E-state index contributed by atoms with van der Waals surface area (Å²) in [6, 6.07) is 6.28. The molecule has 0 saturated heterocycles. The fourth-order valence-electron chi connectivity index (χ4n) is 2.12. The molecule has 1 amide bonds. The summed E-state index contributed by atoms with van der Waals surface area (Å²) in [6.45, 7) is 7.00. The predicted octanol–water partition coefficient (Wildman–Crippen LogP) is 2.92. The zero-order chi connectivity index (χ0) is 20.3. The normalized spacial score (nSPS) is 11.4. The molecule has 10 heteroatoms. The molecule has 0 radical (unpaired) electrons. The molecule has 3 N–H and O–H groups in total. The Morgan fingerprint density at radius 1 is 1.21 bits per heavy atom. The van der Waals surface area contributed by atoms with Gasteiger partial charge in [0.2, 0.25) is 5.91 Å². The van der Waals surface area contributed by atoms with E-state index >= 15 is 0 Å². The molecule has 0 aliphatic carbocycles. The minimum atomic E-state index is -0.429. The van der Waals surface area contributed by atoms with Crippen LogP contribution in [-0.4, -0.2) is 47.4 Å². The summed E-state index contributed by atoms with van der Waals surface area (Å²) in [7, 11) is 0. The average molecular weight is 523 g/mol. The van der Waals surface area contributed by atoms with Crippen LogP contribution in [0.3, 0.4) is 0 Å². The largest absolute Gasteiger partial charge is 0.356 e. The van der Waals surface area contributed by atoms with Crippen molar-refractivity contribution in [1.82, 2.24) is 16.0 Å². The van der Waals surface area contributed by atoms with Crippen LogP contribution in [0.5, 0.6) is 0 Å². The van der Waals surface area contributed by atoms with Gasteiger partial charge in [-0.2, -0.15) is 11.8 Å². The summed E-state index contributed by atoms with van der Waals surface area (Å²) in [4.78, 5) is 26.8. The smallest absolute Gasteiger partial charge is 0.269 e. The maximum absolute atomic E-state index is 12.0. The Morgan fingerprint density at radius 3 is 2.39 bits per heavy atom. The highest BCUT2D eigenvalue weighted by Gasteiger charge is 2.13. The van der Waals surface area contributed by atoms with Crippen LogP contribution >= 0.6 is 35.7 Å². The van der Waals surface area contributed by atoms with Gasteiger partial charge in [0.05, 0.1) is 18.0 Å². The molecule has 1 rings (SSSR count). The lowest BCUT2D eigenvalue weighted by Crippen LogP contribution is -2.48. The number of carbonyl (C=O) groups is 1. The highest BCUT2D eigenvalue weighted by molar-refractivity contribution is 14.0. The van der Waals surface area contributed by atoms with Crippen molar-refractivity contribution in [3.8, 4) is 0 Å². The van der Waals surface area contributed by atoms with Crippen molar-refractivity contribution in [3.63, 3.8) is 0 Å². The van der Waals surface area contributed by atoms with E-state index in [0.717, 1.165) is 24.3 Å². The quantitative estimate of drug-likeness (QED) is 0.115. The van der Waals surface area contributed by atoms with Gasteiger partial charge in [-0.1, -0.05) is 12.1 Å². The molecule has 1 aromatic carbocycles. The van der Waals surface area contributed by atoms with E-state index in [1.165, 1.54) is 12.1 Å². The molecule has 1 aromatic rings. The minimum absolute atomic E-state index is 0. The van der Waals surface area contributed by atoms with E-state index in [1.807, 2.05) is 20.8 Å². The number of aliphatic imine (C=N–C) groups is 1. The van der Waals surface area contributed by atoms with Crippen molar-refractivity contribution < 1.29 is 9.72 Å². The van der Waals surface area contributed by atoms with Crippen molar-refractivity contribution in [3.05, 3.63) is 39.9 Å². The summed E-state index contributed by atoms with van der Waals surface area (Å²) in [5.74, 6) is 1.46. The molecule has 0 aliphatic rings. The van der Waals surface area contributed by atoms with Gasteiger partial charge in [0.1, 0.15) is 0 Å². The molecular weight excluding hydrogens is 493 g/mol. The molecule has 0 fully saturated rings.